The quantitative estimate of drug-likeness (QED) is 0.245. The number of thiazole rings is 1. The number of rotatable bonds is 4. The smallest absolute Gasteiger partial charge is 0.343 e. The summed E-state index contributed by atoms with van der Waals surface area (Å²) < 4.78 is 6.46. The number of nitriles is 1. The van der Waals surface area contributed by atoms with Crippen molar-refractivity contribution in [3.63, 3.8) is 0 Å². The van der Waals surface area contributed by atoms with Crippen LogP contribution in [0.3, 0.4) is 0 Å². The van der Waals surface area contributed by atoms with Crippen molar-refractivity contribution >= 4 is 39.2 Å². The predicted octanol–water partition coefficient (Wildman–Crippen LogP) is 5.89. The molecule has 0 N–H and O–H groups in total. The fourth-order valence-electron chi connectivity index (χ4n) is 2.78. The average molecular weight is 396 g/mol. The maximum atomic E-state index is 12.2. The van der Waals surface area contributed by atoms with E-state index in [-0.39, 0.29) is 0 Å². The summed E-state index contributed by atoms with van der Waals surface area (Å²) in [6.07, 6.45) is 1.78. The Balaban J connectivity index is 1.52. The zero-order chi connectivity index (χ0) is 20.2. The Hall–Kier alpha value is -3.75. The molecular formula is C24H16N2O2S. The van der Waals surface area contributed by atoms with Crippen LogP contribution >= 0.6 is 11.3 Å². The molecule has 4 aromatic rings. The number of allylic oxidation sites excluding steroid dienone is 1. The molecule has 1 heterocycles. The van der Waals surface area contributed by atoms with Crippen molar-refractivity contribution in [2.24, 2.45) is 0 Å². The van der Waals surface area contributed by atoms with Crippen molar-refractivity contribution in [3.8, 4) is 11.8 Å². The number of carbonyl (C=O) groups excluding carboxylic acids is 1. The molecule has 29 heavy (non-hydrogen) atoms. The zero-order valence-corrected chi connectivity index (χ0v) is 16.4. The summed E-state index contributed by atoms with van der Waals surface area (Å²) in [5, 5.41) is 10.2. The number of fused-ring (bicyclic) bond motifs is 1. The molecule has 0 saturated heterocycles. The molecular weight excluding hydrogens is 380 g/mol. The summed E-state index contributed by atoms with van der Waals surface area (Å²) >= 11 is 1.49. The lowest BCUT2D eigenvalue weighted by Crippen LogP contribution is -2.08. The van der Waals surface area contributed by atoms with Gasteiger partial charge in [-0.1, -0.05) is 42.0 Å². The Kier molecular flexibility index (Phi) is 5.19. The highest BCUT2D eigenvalue weighted by atomic mass is 32.1. The second kappa shape index (κ2) is 8.09. The third kappa shape index (κ3) is 4.23. The third-order valence-electron chi connectivity index (χ3n) is 4.33. The molecule has 140 valence electrons. The third-order valence-corrected chi connectivity index (χ3v) is 5.40. The van der Waals surface area contributed by atoms with Crippen LogP contribution in [-0.2, 0) is 0 Å². The van der Waals surface area contributed by atoms with E-state index in [9.17, 15) is 10.1 Å². The first kappa shape index (κ1) is 18.6. The van der Waals surface area contributed by atoms with E-state index in [1.54, 1.807) is 30.3 Å². The van der Waals surface area contributed by atoms with E-state index in [4.69, 9.17) is 4.74 Å². The summed E-state index contributed by atoms with van der Waals surface area (Å²) in [7, 11) is 0. The molecule has 0 unspecified atom stereocenters. The van der Waals surface area contributed by atoms with Crippen LogP contribution in [0.15, 0.2) is 72.8 Å². The van der Waals surface area contributed by atoms with E-state index in [0.717, 1.165) is 21.3 Å². The zero-order valence-electron chi connectivity index (χ0n) is 15.6. The number of aromatic nitrogens is 1. The van der Waals surface area contributed by atoms with Crippen molar-refractivity contribution < 1.29 is 9.53 Å². The van der Waals surface area contributed by atoms with Gasteiger partial charge in [0.1, 0.15) is 16.8 Å². The molecule has 0 radical (unpaired) electrons. The molecule has 0 aliphatic rings. The van der Waals surface area contributed by atoms with Gasteiger partial charge < -0.3 is 4.74 Å². The summed E-state index contributed by atoms with van der Waals surface area (Å²) in [6, 6.07) is 24.3. The average Bonchev–Trinajstić information content (AvgIpc) is 3.17. The van der Waals surface area contributed by atoms with Crippen molar-refractivity contribution in [2.75, 3.05) is 0 Å². The van der Waals surface area contributed by atoms with Crippen LogP contribution in [-0.4, -0.2) is 11.0 Å². The van der Waals surface area contributed by atoms with Gasteiger partial charge in [0.25, 0.3) is 0 Å². The number of aryl methyl sites for hydroxylation is 1. The molecule has 0 atom stereocenters. The molecule has 1 aromatic heterocycles. The van der Waals surface area contributed by atoms with Gasteiger partial charge in [-0.05, 0) is 55.0 Å². The fraction of sp³-hybridized carbons (Fsp3) is 0.0417. The molecule has 0 aliphatic carbocycles. The molecule has 0 bridgehead atoms. The normalized spacial score (nSPS) is 11.2. The van der Waals surface area contributed by atoms with E-state index in [1.165, 1.54) is 11.3 Å². The van der Waals surface area contributed by atoms with Gasteiger partial charge in [-0.15, -0.1) is 11.3 Å². The number of hydrogen-bond acceptors (Lipinski definition) is 5. The van der Waals surface area contributed by atoms with Crippen molar-refractivity contribution in [1.29, 1.82) is 5.26 Å². The number of carbonyl (C=O) groups is 1. The molecule has 4 nitrogen and oxygen atoms in total. The minimum Gasteiger partial charge on any atom is -0.423 e. The van der Waals surface area contributed by atoms with Gasteiger partial charge in [-0.25, -0.2) is 9.78 Å². The highest BCUT2D eigenvalue weighted by Crippen LogP contribution is 2.28. The first-order valence-corrected chi connectivity index (χ1v) is 9.81. The topological polar surface area (TPSA) is 63.0 Å². The lowest BCUT2D eigenvalue weighted by molar-refractivity contribution is 0.0735. The van der Waals surface area contributed by atoms with E-state index in [1.807, 2.05) is 55.5 Å². The molecule has 4 rings (SSSR count). The van der Waals surface area contributed by atoms with Gasteiger partial charge in [0.05, 0.1) is 21.4 Å². The van der Waals surface area contributed by atoms with Gasteiger partial charge in [0.2, 0.25) is 0 Å². The van der Waals surface area contributed by atoms with E-state index >= 15 is 0 Å². The summed E-state index contributed by atoms with van der Waals surface area (Å²) in [5.41, 5.74) is 3.79. The Morgan fingerprint density at radius 1 is 1.03 bits per heavy atom. The first-order chi connectivity index (χ1) is 14.1. The van der Waals surface area contributed by atoms with Gasteiger partial charge in [-0.2, -0.15) is 5.26 Å². The number of benzene rings is 3. The number of nitrogens with zero attached hydrogens (tertiary/aromatic N) is 2. The van der Waals surface area contributed by atoms with Crippen molar-refractivity contribution in [2.45, 2.75) is 6.92 Å². The highest BCUT2D eigenvalue weighted by Gasteiger charge is 2.10. The van der Waals surface area contributed by atoms with Crippen molar-refractivity contribution in [1.82, 2.24) is 4.98 Å². The van der Waals surface area contributed by atoms with Crippen LogP contribution in [0, 0.1) is 18.3 Å². The maximum absolute atomic E-state index is 12.2. The van der Waals surface area contributed by atoms with E-state index in [0.29, 0.717) is 21.9 Å². The standard InChI is InChI=1S/C24H16N2O2S/c1-16-6-10-18(11-7-16)24(27)28-20-12-8-17(9-13-20)14-19(15-25)23-26-21-4-2-3-5-22(21)29-23/h2-14H,1H3/b19-14-. The second-order valence-corrected chi connectivity index (χ2v) is 7.51. The molecule has 0 aliphatic heterocycles. The minimum absolute atomic E-state index is 0.402. The Morgan fingerprint density at radius 2 is 1.76 bits per heavy atom. The summed E-state index contributed by atoms with van der Waals surface area (Å²) in [5.74, 6) is 0.0479. The largest absolute Gasteiger partial charge is 0.423 e. The van der Waals surface area contributed by atoms with Crippen LogP contribution in [0.4, 0.5) is 0 Å². The van der Waals surface area contributed by atoms with Crippen LogP contribution in [0.2, 0.25) is 0 Å². The number of para-hydroxylation sites is 1. The maximum Gasteiger partial charge on any atom is 0.343 e. The van der Waals surface area contributed by atoms with Gasteiger partial charge in [0, 0.05) is 0 Å². The van der Waals surface area contributed by atoms with E-state index < -0.39 is 5.97 Å². The SMILES string of the molecule is Cc1ccc(C(=O)Oc2ccc(/C=C(/C#N)c3nc4ccccc4s3)cc2)cc1. The molecule has 0 spiro atoms. The lowest BCUT2D eigenvalue weighted by Gasteiger charge is -2.05. The molecule has 0 amide bonds. The van der Waals surface area contributed by atoms with Crippen LogP contribution in [0.1, 0.15) is 26.5 Å². The Bertz CT molecular complexity index is 1210. The van der Waals surface area contributed by atoms with Crippen LogP contribution < -0.4 is 4.74 Å². The van der Waals surface area contributed by atoms with Gasteiger partial charge in [-0.3, -0.25) is 0 Å². The number of esters is 1. The molecule has 3 aromatic carbocycles. The molecule has 0 fully saturated rings. The molecule has 0 saturated carbocycles. The number of ether oxygens (including phenoxy) is 1. The highest BCUT2D eigenvalue weighted by molar-refractivity contribution is 7.19. The fourth-order valence-corrected chi connectivity index (χ4v) is 3.72. The lowest BCUT2D eigenvalue weighted by atomic mass is 10.1. The van der Waals surface area contributed by atoms with Gasteiger partial charge in [0.15, 0.2) is 0 Å². The summed E-state index contributed by atoms with van der Waals surface area (Å²) in [6.45, 7) is 1.96. The predicted molar refractivity (Wildman–Crippen MR) is 116 cm³/mol. The Morgan fingerprint density at radius 3 is 2.45 bits per heavy atom. The van der Waals surface area contributed by atoms with E-state index in [2.05, 4.69) is 11.1 Å². The first-order valence-electron chi connectivity index (χ1n) is 8.99. The Labute approximate surface area is 172 Å². The second-order valence-electron chi connectivity index (χ2n) is 6.48. The number of hydrogen-bond donors (Lipinski definition) is 0. The molecule has 5 heteroatoms. The van der Waals surface area contributed by atoms with Crippen molar-refractivity contribution in [3.05, 3.63) is 94.5 Å². The van der Waals surface area contributed by atoms with Gasteiger partial charge >= 0.3 is 5.97 Å². The van der Waals surface area contributed by atoms with Crippen LogP contribution in [0.5, 0.6) is 5.75 Å². The monoisotopic (exact) mass is 396 g/mol. The summed E-state index contributed by atoms with van der Waals surface area (Å²) in [4.78, 5) is 16.8. The van der Waals surface area contributed by atoms with Crippen LogP contribution in [0.25, 0.3) is 21.9 Å². The minimum atomic E-state index is -0.402.